The van der Waals surface area contributed by atoms with E-state index in [1.54, 1.807) is 4.57 Å². The lowest BCUT2D eigenvalue weighted by Crippen LogP contribution is -2.06. The van der Waals surface area contributed by atoms with Crippen molar-refractivity contribution >= 4 is 43.6 Å². The van der Waals surface area contributed by atoms with Gasteiger partial charge < -0.3 is 4.57 Å². The molecule has 0 saturated carbocycles. The molecule has 0 radical (unpaired) electrons. The fourth-order valence-electron chi connectivity index (χ4n) is 7.67. The van der Waals surface area contributed by atoms with Crippen LogP contribution < -0.4 is 0 Å². The van der Waals surface area contributed by atoms with Crippen molar-refractivity contribution in [2.24, 2.45) is 0 Å². The highest BCUT2D eigenvalue weighted by molar-refractivity contribution is 6.28. The summed E-state index contributed by atoms with van der Waals surface area (Å²) in [5, 5.41) is 1.46. The van der Waals surface area contributed by atoms with Gasteiger partial charge in [0.2, 0.25) is 5.95 Å². The SMILES string of the molecule is [2H]c1cc2c3c4c5cc([2H])c([2H])c([2H])c5n(-c5nc(-c6ccccc6)nc(-c6ccccc6)n5)c4c([2H])c([2H])c3n(-c3cc(-c4ccccc4)cc(-c4ccccc4)c3)c2c([2H])c1[2H]. The average Bonchev–Trinajstić information content (AvgIpc) is 3.86. The third-order valence-corrected chi connectivity index (χ3v) is 10.2. The van der Waals surface area contributed by atoms with Gasteiger partial charge in [0.1, 0.15) is 0 Å². The summed E-state index contributed by atoms with van der Waals surface area (Å²) >= 11 is 0. The maximum absolute atomic E-state index is 9.98. The van der Waals surface area contributed by atoms with E-state index in [9.17, 15) is 5.48 Å². The van der Waals surface area contributed by atoms with Gasteiger partial charge in [-0.2, -0.15) is 9.97 Å². The maximum Gasteiger partial charge on any atom is 0.238 e. The van der Waals surface area contributed by atoms with Crippen LogP contribution in [0.25, 0.3) is 100 Å². The van der Waals surface area contributed by atoms with Crippen molar-refractivity contribution in [3.63, 3.8) is 0 Å². The fraction of sp³-hybridized carbons (Fsp3) is 0. The van der Waals surface area contributed by atoms with Crippen LogP contribution in [0.5, 0.6) is 0 Å². The lowest BCUT2D eigenvalue weighted by atomic mass is 9.98. The highest BCUT2D eigenvalue weighted by Gasteiger charge is 2.23. The molecular formula is C51H33N5. The second-order valence-electron chi connectivity index (χ2n) is 13.5. The van der Waals surface area contributed by atoms with Crippen LogP contribution in [0.2, 0.25) is 0 Å². The number of fused-ring (bicyclic) bond motifs is 7. The van der Waals surface area contributed by atoms with E-state index in [1.807, 2.05) is 133 Å². The molecule has 0 saturated heterocycles. The average molecular weight is 724 g/mol. The first kappa shape index (κ1) is 24.6. The molecule has 8 aromatic carbocycles. The zero-order chi connectivity index (χ0) is 44.0. The van der Waals surface area contributed by atoms with Crippen molar-refractivity contribution in [1.82, 2.24) is 24.1 Å². The van der Waals surface area contributed by atoms with Crippen LogP contribution in [0.3, 0.4) is 0 Å². The molecule has 0 fully saturated rings. The molecule has 11 aromatic rings. The third kappa shape index (κ3) is 5.21. The van der Waals surface area contributed by atoms with Crippen molar-refractivity contribution in [1.29, 1.82) is 0 Å². The van der Waals surface area contributed by atoms with Gasteiger partial charge in [-0.25, -0.2) is 4.98 Å². The zero-order valence-electron chi connectivity index (χ0n) is 37.7. The van der Waals surface area contributed by atoms with Gasteiger partial charge in [0, 0.05) is 38.4 Å². The molecule has 0 unspecified atom stereocenters. The van der Waals surface area contributed by atoms with Crippen LogP contribution in [0.4, 0.5) is 0 Å². The Kier molecular flexibility index (Phi) is 5.74. The summed E-state index contributed by atoms with van der Waals surface area (Å²) in [7, 11) is 0. The molecule has 0 aliphatic heterocycles. The molecule has 0 amide bonds. The molecular weight excluding hydrogens is 683 g/mol. The van der Waals surface area contributed by atoms with E-state index in [0.29, 0.717) is 50.0 Å². The second-order valence-corrected chi connectivity index (χ2v) is 13.5. The van der Waals surface area contributed by atoms with Gasteiger partial charge in [0.15, 0.2) is 11.6 Å². The summed E-state index contributed by atoms with van der Waals surface area (Å²) in [6.07, 6.45) is 0. The largest absolute Gasteiger partial charge is 0.309 e. The number of benzene rings is 8. The van der Waals surface area contributed by atoms with Gasteiger partial charge >= 0.3 is 0 Å². The van der Waals surface area contributed by atoms with Gasteiger partial charge in [-0.05, 0) is 64.6 Å². The summed E-state index contributed by atoms with van der Waals surface area (Å²) in [6.45, 7) is 0. The Balaban J connectivity index is 1.34. The molecule has 56 heavy (non-hydrogen) atoms. The first-order valence-electron chi connectivity index (χ1n) is 22.2. The highest BCUT2D eigenvalue weighted by atomic mass is 15.2. The molecule has 0 atom stereocenters. The lowest BCUT2D eigenvalue weighted by Gasteiger charge is -2.14. The van der Waals surface area contributed by atoms with Crippen molar-refractivity contribution < 1.29 is 11.0 Å². The highest BCUT2D eigenvalue weighted by Crippen LogP contribution is 2.43. The maximum atomic E-state index is 9.98. The van der Waals surface area contributed by atoms with E-state index in [0.717, 1.165) is 22.3 Å². The monoisotopic (exact) mass is 723 g/mol. The lowest BCUT2D eigenvalue weighted by molar-refractivity contribution is 0.953. The molecule has 11 rings (SSSR count). The number of nitrogens with zero attached hydrogens (tertiary/aromatic N) is 5. The smallest absolute Gasteiger partial charge is 0.238 e. The van der Waals surface area contributed by atoms with E-state index < -0.39 is 0 Å². The van der Waals surface area contributed by atoms with E-state index in [1.165, 1.54) is 16.7 Å². The third-order valence-electron chi connectivity index (χ3n) is 10.2. The summed E-state index contributed by atoms with van der Waals surface area (Å²) in [5.41, 5.74) is 6.31. The van der Waals surface area contributed by atoms with Crippen molar-refractivity contribution in [3.05, 3.63) is 200 Å². The van der Waals surface area contributed by atoms with E-state index in [4.69, 9.17) is 20.4 Å². The second kappa shape index (κ2) is 13.0. The summed E-state index contributed by atoms with van der Waals surface area (Å²) in [6, 6.07) is 45.4. The molecule has 262 valence electrons. The van der Waals surface area contributed by atoms with Crippen LogP contribution in [-0.2, 0) is 0 Å². The van der Waals surface area contributed by atoms with Gasteiger partial charge in [0.25, 0.3) is 0 Å². The van der Waals surface area contributed by atoms with Crippen LogP contribution in [0.15, 0.2) is 200 Å². The molecule has 3 heterocycles. The Morgan fingerprint density at radius 3 is 1.27 bits per heavy atom. The molecule has 0 aliphatic rings. The molecule has 0 aliphatic carbocycles. The standard InChI is InChI=1S/C51H33N5/c1-5-17-34(18-6-1)38-31-39(35-19-7-2-8-20-35)33-40(32-38)55-43-27-15-13-25-41(43)47-45(55)29-30-46-48(47)42-26-14-16-28-44(42)56(46)51-53-49(36-21-9-3-10-22-36)52-50(54-51)37-23-11-4-12-24-37/h1-33H/i13D,14D,15D,16D,27D,28D,29D,30D. The van der Waals surface area contributed by atoms with Gasteiger partial charge in [-0.3, -0.25) is 4.57 Å². The molecule has 0 spiro atoms. The summed E-state index contributed by atoms with van der Waals surface area (Å²) in [4.78, 5) is 14.8. The van der Waals surface area contributed by atoms with E-state index >= 15 is 0 Å². The van der Waals surface area contributed by atoms with Crippen LogP contribution in [0.1, 0.15) is 11.0 Å². The Morgan fingerprint density at radius 1 is 0.357 bits per heavy atom. The fourth-order valence-corrected chi connectivity index (χ4v) is 7.67. The van der Waals surface area contributed by atoms with Gasteiger partial charge in [-0.15, -0.1) is 0 Å². The number of rotatable bonds is 6. The van der Waals surface area contributed by atoms with Crippen LogP contribution >= 0.6 is 0 Å². The number of hydrogen-bond donors (Lipinski definition) is 0. The van der Waals surface area contributed by atoms with Crippen LogP contribution in [0, 0.1) is 0 Å². The van der Waals surface area contributed by atoms with Crippen LogP contribution in [-0.4, -0.2) is 24.1 Å². The molecule has 0 bridgehead atoms. The van der Waals surface area contributed by atoms with Crippen molar-refractivity contribution in [3.8, 4) is 56.7 Å². The Morgan fingerprint density at radius 2 is 0.786 bits per heavy atom. The zero-order valence-corrected chi connectivity index (χ0v) is 29.7. The van der Waals surface area contributed by atoms with E-state index in [-0.39, 0.29) is 76.4 Å². The minimum atomic E-state index is -0.347. The molecule has 3 aromatic heterocycles. The predicted molar refractivity (Wildman–Crippen MR) is 230 cm³/mol. The number of para-hydroxylation sites is 2. The van der Waals surface area contributed by atoms with Crippen molar-refractivity contribution in [2.45, 2.75) is 0 Å². The van der Waals surface area contributed by atoms with E-state index in [2.05, 4.69) is 6.07 Å². The molecule has 5 nitrogen and oxygen atoms in total. The predicted octanol–water partition coefficient (Wildman–Crippen LogP) is 12.7. The normalized spacial score (nSPS) is 13.6. The Labute approximate surface area is 334 Å². The Hall–Kier alpha value is -7.63. The van der Waals surface area contributed by atoms with Crippen molar-refractivity contribution in [2.75, 3.05) is 0 Å². The Bertz CT molecular complexity index is 3330. The first-order chi connectivity index (χ1) is 31.1. The number of aromatic nitrogens is 5. The number of hydrogen-bond acceptors (Lipinski definition) is 3. The first-order valence-corrected chi connectivity index (χ1v) is 18.2. The quantitative estimate of drug-likeness (QED) is 0.172. The molecule has 0 N–H and O–H groups in total. The van der Waals surface area contributed by atoms with Gasteiger partial charge in [0.05, 0.1) is 33.0 Å². The minimum absolute atomic E-state index is 0.0354. The topological polar surface area (TPSA) is 48.5 Å². The minimum Gasteiger partial charge on any atom is -0.309 e. The van der Waals surface area contributed by atoms with Gasteiger partial charge in [-0.1, -0.05) is 158 Å². The molecule has 5 heteroatoms. The summed E-state index contributed by atoms with van der Waals surface area (Å²) < 4.78 is 77.7. The summed E-state index contributed by atoms with van der Waals surface area (Å²) in [5.74, 6) is 0.670.